The molecule has 5 heteroatoms. The quantitative estimate of drug-likeness (QED) is 0.109. The fourth-order valence-corrected chi connectivity index (χ4v) is 5.40. The second-order valence-corrected chi connectivity index (χ2v) is 11.4. The summed E-state index contributed by atoms with van der Waals surface area (Å²) in [5, 5.41) is 19.5. The predicted octanol–water partition coefficient (Wildman–Crippen LogP) is 7.30. The Labute approximate surface area is 252 Å². The SMILES string of the molecule is CCCCCc1ccc(CCc2ccc(-c3ccc(OCCC(CC)(CO)CO)c(CCOC=O)c3)c(CC)c2)cc1. The van der Waals surface area contributed by atoms with Crippen molar-refractivity contribution in [3.05, 3.63) is 88.5 Å². The summed E-state index contributed by atoms with van der Waals surface area (Å²) in [6.45, 7) is 7.37. The van der Waals surface area contributed by atoms with E-state index >= 15 is 0 Å². The fourth-order valence-electron chi connectivity index (χ4n) is 5.40. The van der Waals surface area contributed by atoms with Crippen LogP contribution in [-0.2, 0) is 41.6 Å². The van der Waals surface area contributed by atoms with Crippen molar-refractivity contribution in [2.45, 2.75) is 85.0 Å². The van der Waals surface area contributed by atoms with Crippen LogP contribution in [0.5, 0.6) is 5.75 Å². The maximum Gasteiger partial charge on any atom is 0.293 e. The highest BCUT2D eigenvalue weighted by Crippen LogP contribution is 2.32. The van der Waals surface area contributed by atoms with E-state index in [9.17, 15) is 15.0 Å². The molecule has 3 rings (SSSR count). The van der Waals surface area contributed by atoms with Gasteiger partial charge in [0, 0.05) is 11.8 Å². The predicted molar refractivity (Wildman–Crippen MR) is 171 cm³/mol. The van der Waals surface area contributed by atoms with Crippen molar-refractivity contribution in [1.82, 2.24) is 0 Å². The number of ether oxygens (including phenoxy) is 2. The van der Waals surface area contributed by atoms with Crippen molar-refractivity contribution in [2.75, 3.05) is 26.4 Å². The molecule has 0 radical (unpaired) electrons. The number of aryl methyl sites for hydroxylation is 4. The zero-order valence-corrected chi connectivity index (χ0v) is 25.9. The lowest BCUT2D eigenvalue weighted by atomic mass is 9.84. The molecule has 0 aliphatic rings. The average Bonchev–Trinajstić information content (AvgIpc) is 3.03. The van der Waals surface area contributed by atoms with Crippen molar-refractivity contribution < 1.29 is 24.5 Å². The zero-order chi connectivity index (χ0) is 30.2. The lowest BCUT2D eigenvalue weighted by Crippen LogP contribution is -2.31. The summed E-state index contributed by atoms with van der Waals surface area (Å²) in [6, 6.07) is 22.1. The lowest BCUT2D eigenvalue weighted by Gasteiger charge is -2.28. The molecule has 0 saturated heterocycles. The summed E-state index contributed by atoms with van der Waals surface area (Å²) in [5.41, 5.74) is 8.19. The zero-order valence-electron chi connectivity index (χ0n) is 25.9. The summed E-state index contributed by atoms with van der Waals surface area (Å²) in [7, 11) is 0. The number of rotatable bonds is 20. The Hall–Kier alpha value is -3.15. The first-order chi connectivity index (χ1) is 20.5. The molecule has 0 amide bonds. The highest BCUT2D eigenvalue weighted by molar-refractivity contribution is 5.70. The van der Waals surface area contributed by atoms with Crippen LogP contribution in [0.15, 0.2) is 60.7 Å². The third-order valence-corrected chi connectivity index (χ3v) is 8.58. The molecule has 3 aromatic rings. The molecule has 0 atom stereocenters. The number of unbranched alkanes of at least 4 members (excludes halogenated alkanes) is 2. The molecular formula is C37H50O5. The third-order valence-electron chi connectivity index (χ3n) is 8.58. The summed E-state index contributed by atoms with van der Waals surface area (Å²) in [4.78, 5) is 10.8. The third kappa shape index (κ3) is 9.71. The van der Waals surface area contributed by atoms with Gasteiger partial charge in [0.05, 0.1) is 26.4 Å². The van der Waals surface area contributed by atoms with E-state index in [0.29, 0.717) is 32.3 Å². The average molecular weight is 575 g/mol. The molecule has 0 aromatic heterocycles. The number of aliphatic hydroxyl groups is 2. The maximum atomic E-state index is 10.8. The molecule has 3 aromatic carbocycles. The standard InChI is InChI=1S/C37H50O5/c1-4-7-8-9-29-10-12-30(13-11-29)14-15-31-16-18-35(32(5-2)24-31)33-17-19-36(34(25-33)20-22-41-28-40)42-23-21-37(6-3,26-38)27-39/h10-13,16-19,24-25,28,38-39H,4-9,14-15,20-23,26-27H2,1-3H3. The summed E-state index contributed by atoms with van der Waals surface area (Å²) in [6.07, 6.45) is 9.70. The number of aliphatic hydroxyl groups excluding tert-OH is 2. The van der Waals surface area contributed by atoms with Gasteiger partial charge in [0.2, 0.25) is 0 Å². The first-order valence-electron chi connectivity index (χ1n) is 15.7. The van der Waals surface area contributed by atoms with E-state index in [1.165, 1.54) is 53.5 Å². The Bertz CT molecular complexity index is 1210. The Morgan fingerprint density at radius 3 is 2.07 bits per heavy atom. The van der Waals surface area contributed by atoms with Gasteiger partial charge in [0.15, 0.2) is 0 Å². The molecule has 0 heterocycles. The number of hydrogen-bond donors (Lipinski definition) is 2. The van der Waals surface area contributed by atoms with Crippen molar-refractivity contribution in [3.8, 4) is 16.9 Å². The van der Waals surface area contributed by atoms with E-state index < -0.39 is 5.41 Å². The second-order valence-electron chi connectivity index (χ2n) is 11.4. The van der Waals surface area contributed by atoms with Gasteiger partial charge in [-0.3, -0.25) is 4.79 Å². The monoisotopic (exact) mass is 574 g/mol. The van der Waals surface area contributed by atoms with Crippen LogP contribution < -0.4 is 4.74 Å². The molecule has 42 heavy (non-hydrogen) atoms. The molecular weight excluding hydrogens is 524 g/mol. The van der Waals surface area contributed by atoms with Gasteiger partial charge < -0.3 is 19.7 Å². The molecule has 0 saturated carbocycles. The molecule has 0 unspecified atom stereocenters. The number of benzene rings is 3. The van der Waals surface area contributed by atoms with Crippen LogP contribution in [0.1, 0.15) is 80.7 Å². The summed E-state index contributed by atoms with van der Waals surface area (Å²) in [5.74, 6) is 0.736. The van der Waals surface area contributed by atoms with Gasteiger partial charge in [0.1, 0.15) is 5.75 Å². The summed E-state index contributed by atoms with van der Waals surface area (Å²) >= 11 is 0. The minimum Gasteiger partial charge on any atom is -0.493 e. The number of carbonyl (C=O) groups excluding carboxylic acids is 1. The van der Waals surface area contributed by atoms with Crippen LogP contribution in [0.3, 0.4) is 0 Å². The van der Waals surface area contributed by atoms with Crippen LogP contribution in [0.2, 0.25) is 0 Å². The van der Waals surface area contributed by atoms with Gasteiger partial charge in [-0.1, -0.05) is 82.1 Å². The molecule has 0 aliphatic carbocycles. The largest absolute Gasteiger partial charge is 0.493 e. The van der Waals surface area contributed by atoms with Crippen molar-refractivity contribution >= 4 is 6.47 Å². The van der Waals surface area contributed by atoms with Gasteiger partial charge >= 0.3 is 0 Å². The van der Waals surface area contributed by atoms with Crippen LogP contribution in [0.25, 0.3) is 11.1 Å². The summed E-state index contributed by atoms with van der Waals surface area (Å²) < 4.78 is 11.1. The first kappa shape index (κ1) is 33.4. The van der Waals surface area contributed by atoms with Gasteiger partial charge in [-0.2, -0.15) is 0 Å². The Kier molecular flexibility index (Phi) is 14.1. The van der Waals surface area contributed by atoms with Crippen LogP contribution in [-0.4, -0.2) is 43.1 Å². The van der Waals surface area contributed by atoms with Crippen LogP contribution in [0.4, 0.5) is 0 Å². The smallest absolute Gasteiger partial charge is 0.293 e. The normalized spacial score (nSPS) is 11.5. The first-order valence-corrected chi connectivity index (χ1v) is 15.7. The van der Waals surface area contributed by atoms with E-state index in [2.05, 4.69) is 68.4 Å². The second kappa shape index (κ2) is 17.7. The van der Waals surface area contributed by atoms with Crippen molar-refractivity contribution in [1.29, 1.82) is 0 Å². The highest BCUT2D eigenvalue weighted by Gasteiger charge is 2.26. The van der Waals surface area contributed by atoms with E-state index in [1.54, 1.807) is 0 Å². The molecule has 0 aliphatic heterocycles. The maximum absolute atomic E-state index is 10.8. The van der Waals surface area contributed by atoms with E-state index in [0.717, 1.165) is 36.1 Å². The highest BCUT2D eigenvalue weighted by atomic mass is 16.5. The Balaban J connectivity index is 1.72. The van der Waals surface area contributed by atoms with Gasteiger partial charge in [0.25, 0.3) is 6.47 Å². The fraction of sp³-hybridized carbons (Fsp3) is 0.486. The van der Waals surface area contributed by atoms with Gasteiger partial charge in [-0.25, -0.2) is 0 Å². The topological polar surface area (TPSA) is 76.0 Å². The molecule has 2 N–H and O–H groups in total. The molecule has 0 fully saturated rings. The van der Waals surface area contributed by atoms with Gasteiger partial charge in [-0.15, -0.1) is 0 Å². The molecule has 0 spiro atoms. The lowest BCUT2D eigenvalue weighted by molar-refractivity contribution is -0.128. The molecule has 5 nitrogen and oxygen atoms in total. The Morgan fingerprint density at radius 1 is 0.738 bits per heavy atom. The minimum absolute atomic E-state index is 0.0798. The van der Waals surface area contributed by atoms with Crippen molar-refractivity contribution in [2.24, 2.45) is 5.41 Å². The molecule has 0 bridgehead atoms. The van der Waals surface area contributed by atoms with E-state index in [-0.39, 0.29) is 19.8 Å². The Morgan fingerprint density at radius 2 is 1.43 bits per heavy atom. The van der Waals surface area contributed by atoms with E-state index in [4.69, 9.17) is 9.47 Å². The van der Waals surface area contributed by atoms with Crippen molar-refractivity contribution in [3.63, 3.8) is 0 Å². The van der Waals surface area contributed by atoms with Gasteiger partial charge in [-0.05, 0) is 96.0 Å². The minimum atomic E-state index is -0.545. The van der Waals surface area contributed by atoms with Crippen LogP contribution in [0, 0.1) is 5.41 Å². The van der Waals surface area contributed by atoms with Crippen LogP contribution >= 0.6 is 0 Å². The van der Waals surface area contributed by atoms with E-state index in [1.807, 2.05) is 13.0 Å². The number of hydrogen-bond acceptors (Lipinski definition) is 5. The molecule has 228 valence electrons. The number of carbonyl (C=O) groups is 1.